The van der Waals surface area contributed by atoms with Crippen LogP contribution in [0.15, 0.2) is 0 Å². The van der Waals surface area contributed by atoms with E-state index in [0.29, 0.717) is 11.8 Å². The van der Waals surface area contributed by atoms with Crippen molar-refractivity contribution >= 4 is 0 Å². The third-order valence-corrected chi connectivity index (χ3v) is 3.99. The first-order chi connectivity index (χ1) is 7.00. The summed E-state index contributed by atoms with van der Waals surface area (Å²) in [7, 11) is 0. The topological polar surface area (TPSA) is 20.2 Å². The minimum atomic E-state index is -0.0316. The van der Waals surface area contributed by atoms with Gasteiger partial charge in [0, 0.05) is 0 Å². The first kappa shape index (κ1) is 13.0. The van der Waals surface area contributed by atoms with Crippen LogP contribution >= 0.6 is 0 Å². The maximum atomic E-state index is 10.1. The summed E-state index contributed by atoms with van der Waals surface area (Å²) in [6.07, 6.45) is 6.24. The highest BCUT2D eigenvalue weighted by atomic mass is 16.3. The third kappa shape index (κ3) is 4.14. The maximum absolute atomic E-state index is 10.1. The van der Waals surface area contributed by atoms with Crippen LogP contribution in [0.3, 0.4) is 0 Å². The molecule has 0 bridgehead atoms. The molecule has 3 unspecified atom stereocenters. The molecule has 1 aliphatic carbocycles. The van der Waals surface area contributed by atoms with Gasteiger partial charge in [0.1, 0.15) is 0 Å². The van der Waals surface area contributed by atoms with Gasteiger partial charge in [0.15, 0.2) is 0 Å². The van der Waals surface area contributed by atoms with Gasteiger partial charge in [0.05, 0.1) is 6.10 Å². The summed E-state index contributed by atoms with van der Waals surface area (Å²) in [4.78, 5) is 0. The second-order valence-corrected chi connectivity index (χ2v) is 6.13. The first-order valence-electron chi connectivity index (χ1n) is 6.68. The van der Waals surface area contributed by atoms with Crippen molar-refractivity contribution in [2.75, 3.05) is 0 Å². The second-order valence-electron chi connectivity index (χ2n) is 6.13. The highest BCUT2D eigenvalue weighted by Crippen LogP contribution is 2.36. The number of rotatable bonds is 4. The van der Waals surface area contributed by atoms with E-state index in [9.17, 15) is 5.11 Å². The lowest BCUT2D eigenvalue weighted by Gasteiger charge is -2.35. The van der Waals surface area contributed by atoms with Crippen LogP contribution < -0.4 is 0 Å². The highest BCUT2D eigenvalue weighted by Gasteiger charge is 2.30. The van der Waals surface area contributed by atoms with Gasteiger partial charge in [-0.3, -0.25) is 0 Å². The molecule has 0 spiro atoms. The molecule has 1 heteroatoms. The van der Waals surface area contributed by atoms with E-state index in [2.05, 4.69) is 27.7 Å². The fourth-order valence-corrected chi connectivity index (χ4v) is 2.86. The Balaban J connectivity index is 2.31. The molecular formula is C14H28O. The van der Waals surface area contributed by atoms with Crippen LogP contribution in [0.1, 0.15) is 59.8 Å². The van der Waals surface area contributed by atoms with Crippen molar-refractivity contribution in [3.63, 3.8) is 0 Å². The number of aliphatic hydroxyl groups is 1. The molecule has 1 N–H and O–H groups in total. The maximum Gasteiger partial charge on any atom is 0.0573 e. The van der Waals surface area contributed by atoms with Crippen molar-refractivity contribution in [3.05, 3.63) is 0 Å². The molecule has 0 aromatic heterocycles. The molecule has 0 aliphatic heterocycles. The molecular weight excluding hydrogens is 184 g/mol. The summed E-state index contributed by atoms with van der Waals surface area (Å²) in [6.45, 7) is 9.05. The average Bonchev–Trinajstić information content (AvgIpc) is 2.14. The molecule has 1 fully saturated rings. The summed E-state index contributed by atoms with van der Waals surface area (Å²) < 4.78 is 0. The Morgan fingerprint density at radius 2 is 1.80 bits per heavy atom. The lowest BCUT2D eigenvalue weighted by Crippen LogP contribution is -2.32. The molecule has 0 aromatic carbocycles. The van der Waals surface area contributed by atoms with Crippen LogP contribution in [0.25, 0.3) is 0 Å². The summed E-state index contributed by atoms with van der Waals surface area (Å²) in [5.74, 6) is 2.80. The van der Waals surface area contributed by atoms with Gasteiger partial charge < -0.3 is 5.11 Å². The van der Waals surface area contributed by atoms with Gasteiger partial charge in [-0.25, -0.2) is 0 Å². The minimum absolute atomic E-state index is 0.0316. The number of aliphatic hydroxyl groups excluding tert-OH is 1. The van der Waals surface area contributed by atoms with Gasteiger partial charge >= 0.3 is 0 Å². The van der Waals surface area contributed by atoms with Crippen molar-refractivity contribution in [1.82, 2.24) is 0 Å². The van der Waals surface area contributed by atoms with E-state index >= 15 is 0 Å². The zero-order chi connectivity index (χ0) is 11.4. The summed E-state index contributed by atoms with van der Waals surface area (Å²) in [6, 6.07) is 0. The summed E-state index contributed by atoms with van der Waals surface area (Å²) in [5.41, 5.74) is 0. The molecule has 1 saturated carbocycles. The standard InChI is InChI=1S/C14H28O/c1-10(2)5-6-12-7-8-13(11(3)4)14(15)9-12/h10-15H,5-9H2,1-4H3. The van der Waals surface area contributed by atoms with Gasteiger partial charge in [-0.1, -0.05) is 40.5 Å². The second kappa shape index (κ2) is 5.89. The van der Waals surface area contributed by atoms with Gasteiger partial charge in [0.2, 0.25) is 0 Å². The molecule has 0 amide bonds. The van der Waals surface area contributed by atoms with Crippen molar-refractivity contribution in [2.24, 2.45) is 23.7 Å². The van der Waals surface area contributed by atoms with E-state index in [1.54, 1.807) is 0 Å². The van der Waals surface area contributed by atoms with Crippen LogP contribution in [-0.2, 0) is 0 Å². The van der Waals surface area contributed by atoms with E-state index in [1.165, 1.54) is 25.7 Å². The molecule has 1 rings (SSSR count). The molecule has 3 atom stereocenters. The normalized spacial score (nSPS) is 32.6. The number of hydrogen-bond donors (Lipinski definition) is 1. The van der Waals surface area contributed by atoms with Crippen molar-refractivity contribution in [2.45, 2.75) is 65.9 Å². The lowest BCUT2D eigenvalue weighted by molar-refractivity contribution is 0.0200. The van der Waals surface area contributed by atoms with Gasteiger partial charge in [-0.05, 0) is 42.9 Å². The fraction of sp³-hybridized carbons (Fsp3) is 1.00. The molecule has 0 saturated heterocycles. The van der Waals surface area contributed by atoms with E-state index in [1.807, 2.05) is 0 Å². The van der Waals surface area contributed by atoms with E-state index in [0.717, 1.165) is 18.3 Å². The average molecular weight is 212 g/mol. The Hall–Kier alpha value is -0.0400. The predicted octanol–water partition coefficient (Wildman–Crippen LogP) is 3.86. The Labute approximate surface area is 95.3 Å². The Morgan fingerprint density at radius 1 is 1.13 bits per heavy atom. The third-order valence-electron chi connectivity index (χ3n) is 3.99. The quantitative estimate of drug-likeness (QED) is 0.750. The van der Waals surface area contributed by atoms with Crippen LogP contribution in [-0.4, -0.2) is 11.2 Å². The minimum Gasteiger partial charge on any atom is -0.393 e. The zero-order valence-electron chi connectivity index (χ0n) is 10.9. The molecule has 0 aromatic rings. The first-order valence-corrected chi connectivity index (χ1v) is 6.68. The Kier molecular flexibility index (Phi) is 5.11. The lowest BCUT2D eigenvalue weighted by atomic mass is 9.73. The molecule has 1 nitrogen and oxygen atoms in total. The molecule has 1 aliphatic rings. The predicted molar refractivity (Wildman–Crippen MR) is 65.7 cm³/mol. The SMILES string of the molecule is CC(C)CCC1CCC(C(C)C)C(O)C1. The van der Waals surface area contributed by atoms with Crippen LogP contribution in [0.2, 0.25) is 0 Å². The highest BCUT2D eigenvalue weighted by molar-refractivity contribution is 4.81. The molecule has 90 valence electrons. The largest absolute Gasteiger partial charge is 0.393 e. The summed E-state index contributed by atoms with van der Waals surface area (Å²) >= 11 is 0. The molecule has 0 heterocycles. The van der Waals surface area contributed by atoms with Gasteiger partial charge in [0.25, 0.3) is 0 Å². The molecule has 15 heavy (non-hydrogen) atoms. The van der Waals surface area contributed by atoms with Crippen LogP contribution in [0.5, 0.6) is 0 Å². The van der Waals surface area contributed by atoms with E-state index in [4.69, 9.17) is 0 Å². The number of hydrogen-bond acceptors (Lipinski definition) is 1. The zero-order valence-corrected chi connectivity index (χ0v) is 10.9. The van der Waals surface area contributed by atoms with Gasteiger partial charge in [-0.15, -0.1) is 0 Å². The summed E-state index contributed by atoms with van der Waals surface area (Å²) in [5, 5.41) is 10.1. The van der Waals surface area contributed by atoms with Crippen molar-refractivity contribution in [3.8, 4) is 0 Å². The van der Waals surface area contributed by atoms with Crippen molar-refractivity contribution < 1.29 is 5.11 Å². The fourth-order valence-electron chi connectivity index (χ4n) is 2.86. The van der Waals surface area contributed by atoms with E-state index < -0.39 is 0 Å². The van der Waals surface area contributed by atoms with Crippen LogP contribution in [0.4, 0.5) is 0 Å². The molecule has 0 radical (unpaired) electrons. The van der Waals surface area contributed by atoms with Crippen LogP contribution in [0, 0.1) is 23.7 Å². The monoisotopic (exact) mass is 212 g/mol. The Bertz CT molecular complexity index is 174. The van der Waals surface area contributed by atoms with Gasteiger partial charge in [-0.2, -0.15) is 0 Å². The van der Waals surface area contributed by atoms with Crippen molar-refractivity contribution in [1.29, 1.82) is 0 Å². The smallest absolute Gasteiger partial charge is 0.0573 e. The Morgan fingerprint density at radius 3 is 2.27 bits per heavy atom. The van der Waals surface area contributed by atoms with E-state index in [-0.39, 0.29) is 6.10 Å².